The summed E-state index contributed by atoms with van der Waals surface area (Å²) >= 11 is 5.92. The van der Waals surface area contributed by atoms with E-state index in [-0.39, 0.29) is 16.6 Å². The molecule has 1 aromatic heterocycles. The van der Waals surface area contributed by atoms with Crippen LogP contribution < -0.4 is 21.9 Å². The van der Waals surface area contributed by atoms with Crippen molar-refractivity contribution >= 4 is 29.2 Å². The highest BCUT2D eigenvalue weighted by Gasteiger charge is 2.19. The Bertz CT molecular complexity index is 521. The van der Waals surface area contributed by atoms with Crippen LogP contribution in [0.1, 0.15) is 31.3 Å². The number of pyridine rings is 1. The van der Waals surface area contributed by atoms with Gasteiger partial charge in [0.15, 0.2) is 0 Å². The van der Waals surface area contributed by atoms with Crippen molar-refractivity contribution < 1.29 is 9.59 Å². The third-order valence-electron chi connectivity index (χ3n) is 2.63. The summed E-state index contributed by atoms with van der Waals surface area (Å²) in [4.78, 5) is 27.9. The van der Waals surface area contributed by atoms with E-state index < -0.39 is 11.9 Å². The minimum absolute atomic E-state index is 0.00984. The Kier molecular flexibility index (Phi) is 6.39. The summed E-state index contributed by atoms with van der Waals surface area (Å²) in [7, 11) is 0. The minimum atomic E-state index is -0.691. The highest BCUT2D eigenvalue weighted by Crippen LogP contribution is 2.16. The van der Waals surface area contributed by atoms with Crippen LogP contribution >= 0.6 is 11.6 Å². The topological polar surface area (TPSA) is 109 Å². The molecular formula is C13H20ClN5O2. The smallest absolute Gasteiger partial charge is 0.272 e. The number of rotatable bonds is 6. The van der Waals surface area contributed by atoms with Crippen molar-refractivity contribution in [3.05, 3.63) is 22.8 Å². The Morgan fingerprint density at radius 3 is 2.57 bits per heavy atom. The van der Waals surface area contributed by atoms with Gasteiger partial charge in [0.1, 0.15) is 17.6 Å². The van der Waals surface area contributed by atoms with Gasteiger partial charge in [-0.2, -0.15) is 0 Å². The maximum Gasteiger partial charge on any atom is 0.272 e. The van der Waals surface area contributed by atoms with Crippen molar-refractivity contribution in [1.82, 2.24) is 15.6 Å². The standard InChI is InChI=1S/C13H20ClN5O2/c1-7(2)6-16-12(20)8(3)17-13(21)11-9(14)4-5-10(18-11)19-15/h4-5,7-8H,6,15H2,1-3H3,(H,16,20)(H,17,21)(H,18,19). The normalized spacial score (nSPS) is 11.9. The lowest BCUT2D eigenvalue weighted by Gasteiger charge is -2.15. The van der Waals surface area contributed by atoms with Gasteiger partial charge < -0.3 is 16.1 Å². The lowest BCUT2D eigenvalue weighted by atomic mass is 10.2. The fraction of sp³-hybridized carbons (Fsp3) is 0.462. The highest BCUT2D eigenvalue weighted by molar-refractivity contribution is 6.33. The molecule has 21 heavy (non-hydrogen) atoms. The molecule has 1 atom stereocenters. The average Bonchev–Trinajstić information content (AvgIpc) is 2.44. The number of halogens is 1. The highest BCUT2D eigenvalue weighted by atomic mass is 35.5. The summed E-state index contributed by atoms with van der Waals surface area (Å²) < 4.78 is 0. The fourth-order valence-electron chi connectivity index (χ4n) is 1.47. The number of hydrogen-bond donors (Lipinski definition) is 4. The number of nitrogens with one attached hydrogen (secondary N) is 3. The molecule has 1 heterocycles. The number of hydrazine groups is 1. The summed E-state index contributed by atoms with van der Waals surface area (Å²) in [5.74, 6) is 5.07. The number of hydrogen-bond acceptors (Lipinski definition) is 5. The lowest BCUT2D eigenvalue weighted by Crippen LogP contribution is -2.45. The molecule has 0 saturated heterocycles. The Morgan fingerprint density at radius 2 is 2.00 bits per heavy atom. The first kappa shape index (κ1) is 17.2. The minimum Gasteiger partial charge on any atom is -0.354 e. The fourth-order valence-corrected chi connectivity index (χ4v) is 1.66. The Morgan fingerprint density at radius 1 is 1.33 bits per heavy atom. The molecule has 0 aliphatic heterocycles. The quantitative estimate of drug-likeness (QED) is 0.461. The van der Waals surface area contributed by atoms with Crippen molar-refractivity contribution in [3.63, 3.8) is 0 Å². The van der Waals surface area contributed by atoms with Crippen LogP contribution in [0.25, 0.3) is 0 Å². The molecular weight excluding hydrogens is 294 g/mol. The van der Waals surface area contributed by atoms with E-state index in [2.05, 4.69) is 21.0 Å². The maximum absolute atomic E-state index is 12.1. The second kappa shape index (κ2) is 7.80. The molecule has 0 bridgehead atoms. The van der Waals surface area contributed by atoms with Crippen LogP contribution in [0.2, 0.25) is 5.02 Å². The van der Waals surface area contributed by atoms with E-state index >= 15 is 0 Å². The Hall–Kier alpha value is -1.86. The van der Waals surface area contributed by atoms with Crippen LogP contribution in [-0.4, -0.2) is 29.4 Å². The third-order valence-corrected chi connectivity index (χ3v) is 2.94. The van der Waals surface area contributed by atoms with Gasteiger partial charge in [-0.05, 0) is 25.0 Å². The summed E-state index contributed by atoms with van der Waals surface area (Å²) in [6.07, 6.45) is 0. The van der Waals surface area contributed by atoms with Gasteiger partial charge in [0.2, 0.25) is 5.91 Å². The van der Waals surface area contributed by atoms with Gasteiger partial charge in [-0.3, -0.25) is 9.59 Å². The molecule has 1 rings (SSSR count). The van der Waals surface area contributed by atoms with Crippen LogP contribution in [0.15, 0.2) is 12.1 Å². The Labute approximate surface area is 128 Å². The molecule has 8 heteroatoms. The molecule has 116 valence electrons. The number of carbonyl (C=O) groups is 2. The van der Waals surface area contributed by atoms with Crippen LogP contribution in [0, 0.1) is 5.92 Å². The van der Waals surface area contributed by atoms with Crippen LogP contribution in [0.4, 0.5) is 5.82 Å². The summed E-state index contributed by atoms with van der Waals surface area (Å²) in [6.45, 7) is 6.11. The first-order valence-corrected chi connectivity index (χ1v) is 6.94. The molecule has 1 unspecified atom stereocenters. The number of nitrogens with two attached hydrogens (primary N) is 1. The molecule has 0 aromatic carbocycles. The van der Waals surface area contributed by atoms with Crippen LogP contribution in [0.3, 0.4) is 0 Å². The summed E-state index contributed by atoms with van der Waals surface area (Å²) in [5.41, 5.74) is 2.34. The summed E-state index contributed by atoms with van der Waals surface area (Å²) in [5, 5.41) is 5.46. The molecule has 5 N–H and O–H groups in total. The van der Waals surface area contributed by atoms with Crippen molar-refractivity contribution in [1.29, 1.82) is 0 Å². The molecule has 0 saturated carbocycles. The van der Waals surface area contributed by atoms with Crippen LogP contribution in [-0.2, 0) is 4.79 Å². The van der Waals surface area contributed by atoms with Gasteiger partial charge >= 0.3 is 0 Å². The van der Waals surface area contributed by atoms with Crippen molar-refractivity contribution in [3.8, 4) is 0 Å². The SMILES string of the molecule is CC(C)CNC(=O)C(C)NC(=O)c1nc(NN)ccc1Cl. The third kappa shape index (κ3) is 5.20. The van der Waals surface area contributed by atoms with E-state index in [1.807, 2.05) is 13.8 Å². The largest absolute Gasteiger partial charge is 0.354 e. The van der Waals surface area contributed by atoms with Gasteiger partial charge in [-0.1, -0.05) is 25.4 Å². The van der Waals surface area contributed by atoms with E-state index in [1.165, 1.54) is 12.1 Å². The second-order valence-corrected chi connectivity index (χ2v) is 5.41. The number of nitrogens with zero attached hydrogens (tertiary/aromatic N) is 1. The zero-order valence-corrected chi connectivity index (χ0v) is 13.0. The van der Waals surface area contributed by atoms with E-state index in [0.29, 0.717) is 18.3 Å². The molecule has 2 amide bonds. The maximum atomic E-state index is 12.1. The van der Waals surface area contributed by atoms with Gasteiger partial charge in [0.05, 0.1) is 5.02 Å². The van der Waals surface area contributed by atoms with Crippen LogP contribution in [0.5, 0.6) is 0 Å². The molecule has 0 aliphatic rings. The first-order valence-electron chi connectivity index (χ1n) is 6.57. The van der Waals surface area contributed by atoms with E-state index in [4.69, 9.17) is 17.4 Å². The van der Waals surface area contributed by atoms with Crippen molar-refractivity contribution in [2.24, 2.45) is 11.8 Å². The zero-order valence-electron chi connectivity index (χ0n) is 12.2. The van der Waals surface area contributed by atoms with E-state index in [9.17, 15) is 9.59 Å². The predicted molar refractivity (Wildman–Crippen MR) is 81.8 cm³/mol. The molecule has 1 aromatic rings. The van der Waals surface area contributed by atoms with Crippen molar-refractivity contribution in [2.45, 2.75) is 26.8 Å². The monoisotopic (exact) mass is 313 g/mol. The molecule has 0 fully saturated rings. The lowest BCUT2D eigenvalue weighted by molar-refractivity contribution is -0.122. The molecule has 0 radical (unpaired) electrons. The molecule has 7 nitrogen and oxygen atoms in total. The second-order valence-electron chi connectivity index (χ2n) is 5.01. The van der Waals surface area contributed by atoms with E-state index in [0.717, 1.165) is 0 Å². The molecule has 0 spiro atoms. The zero-order chi connectivity index (χ0) is 16.0. The number of amides is 2. The predicted octanol–water partition coefficient (Wildman–Crippen LogP) is 0.911. The Balaban J connectivity index is 2.70. The number of aromatic nitrogens is 1. The number of anilines is 1. The van der Waals surface area contributed by atoms with E-state index in [1.54, 1.807) is 6.92 Å². The molecule has 0 aliphatic carbocycles. The van der Waals surface area contributed by atoms with Gasteiger partial charge in [-0.25, -0.2) is 10.8 Å². The number of carbonyl (C=O) groups excluding carboxylic acids is 2. The number of nitrogen functional groups attached to an aromatic ring is 1. The van der Waals surface area contributed by atoms with Crippen molar-refractivity contribution in [2.75, 3.05) is 12.0 Å². The van der Waals surface area contributed by atoms with Gasteiger partial charge in [0.25, 0.3) is 5.91 Å². The average molecular weight is 314 g/mol. The van der Waals surface area contributed by atoms with Gasteiger partial charge in [-0.15, -0.1) is 0 Å². The first-order chi connectivity index (χ1) is 9.85. The summed E-state index contributed by atoms with van der Waals surface area (Å²) in [6, 6.07) is 2.35. The van der Waals surface area contributed by atoms with Gasteiger partial charge in [0, 0.05) is 6.54 Å².